The molecule has 0 aromatic heterocycles. The Labute approximate surface area is 186 Å². The average Bonchev–Trinajstić information content (AvgIpc) is 2.74. The number of allylic oxidation sites excluding steroid dienone is 1. The monoisotopic (exact) mass is 502 g/mol. The molecule has 0 saturated heterocycles. The molecule has 0 N–H and O–H groups in total. The lowest BCUT2D eigenvalue weighted by molar-refractivity contribution is 0.318. The van der Waals surface area contributed by atoms with Crippen molar-refractivity contribution in [1.29, 1.82) is 0 Å². The molecule has 0 aliphatic heterocycles. The summed E-state index contributed by atoms with van der Waals surface area (Å²) in [6.45, 7) is 2.87. The predicted octanol–water partition coefficient (Wildman–Crippen LogP) is 7.67. The minimum Gasteiger partial charge on any atom is -0.494 e. The van der Waals surface area contributed by atoms with Crippen molar-refractivity contribution in [3.63, 3.8) is 0 Å². The Morgan fingerprint density at radius 3 is 2.00 bits per heavy atom. The zero-order valence-corrected chi connectivity index (χ0v) is 18.9. The molecule has 0 atom stereocenters. The van der Waals surface area contributed by atoms with E-state index in [0.29, 0.717) is 12.5 Å². The fraction of sp³-hybridized carbons (Fsp3) is 0.200. The van der Waals surface area contributed by atoms with Crippen LogP contribution in [0.4, 0.5) is 0 Å². The molecule has 3 rings (SSSR count). The molecule has 3 aromatic carbocycles. The highest BCUT2D eigenvalue weighted by Crippen LogP contribution is 2.35. The average molecular weight is 503 g/mol. The second kappa shape index (κ2) is 10.7. The van der Waals surface area contributed by atoms with Crippen LogP contribution < -0.4 is 4.74 Å². The van der Waals surface area contributed by atoms with Gasteiger partial charge in [-0.1, -0.05) is 61.5 Å². The highest BCUT2D eigenvalue weighted by atomic mass is 127. The molecule has 0 aliphatic carbocycles. The summed E-state index contributed by atoms with van der Waals surface area (Å²) in [6.07, 6.45) is 1.81. The van der Waals surface area contributed by atoms with Gasteiger partial charge < -0.3 is 4.74 Å². The highest BCUT2D eigenvalue weighted by Gasteiger charge is 2.13. The molecule has 0 spiro atoms. The number of rotatable bonds is 8. The molecule has 0 bridgehead atoms. The quantitative estimate of drug-likeness (QED) is 0.133. The summed E-state index contributed by atoms with van der Waals surface area (Å²) >= 11 is 8.09. The van der Waals surface area contributed by atoms with Crippen LogP contribution in [0, 0.1) is 3.57 Å². The molecule has 0 amide bonds. The van der Waals surface area contributed by atoms with Crippen LogP contribution in [0.5, 0.6) is 5.75 Å². The van der Waals surface area contributed by atoms with Crippen molar-refractivity contribution in [3.8, 4) is 5.75 Å². The summed E-state index contributed by atoms with van der Waals surface area (Å²) in [4.78, 5) is 0. The molecule has 0 saturated carbocycles. The third-order valence-electron chi connectivity index (χ3n) is 4.60. The lowest BCUT2D eigenvalue weighted by Gasteiger charge is -2.17. The van der Waals surface area contributed by atoms with Gasteiger partial charge in [-0.05, 0) is 87.5 Å². The van der Waals surface area contributed by atoms with E-state index in [1.165, 1.54) is 31.4 Å². The maximum atomic E-state index is 5.77. The van der Waals surface area contributed by atoms with Crippen LogP contribution in [-0.2, 0) is 0 Å². The van der Waals surface area contributed by atoms with Crippen LogP contribution in [-0.4, -0.2) is 12.5 Å². The standard InChI is InChI=1S/C25H24ClIO/c1-2-24(19-7-4-3-5-8-19)25(20-9-13-22(27)14-10-20)21-11-15-23(16-12-21)28-18-6-17-26/h3-5,7-16H,2,6,17-18H2,1H3. The first-order valence-electron chi connectivity index (χ1n) is 9.56. The fourth-order valence-electron chi connectivity index (χ4n) is 3.26. The Balaban J connectivity index is 2.06. The maximum absolute atomic E-state index is 5.77. The lowest BCUT2D eigenvalue weighted by atomic mass is 9.88. The van der Waals surface area contributed by atoms with Gasteiger partial charge in [-0.15, -0.1) is 11.6 Å². The van der Waals surface area contributed by atoms with Gasteiger partial charge in [-0.2, -0.15) is 0 Å². The van der Waals surface area contributed by atoms with Crippen LogP contribution >= 0.6 is 34.2 Å². The number of hydrogen-bond donors (Lipinski definition) is 0. The molecular weight excluding hydrogens is 479 g/mol. The molecule has 0 radical (unpaired) electrons. The first-order valence-corrected chi connectivity index (χ1v) is 11.2. The van der Waals surface area contributed by atoms with Gasteiger partial charge in [0.1, 0.15) is 5.75 Å². The first-order chi connectivity index (χ1) is 13.7. The number of benzene rings is 3. The number of hydrogen-bond acceptors (Lipinski definition) is 1. The van der Waals surface area contributed by atoms with Crippen LogP contribution in [0.25, 0.3) is 11.1 Å². The summed E-state index contributed by atoms with van der Waals surface area (Å²) in [5.41, 5.74) is 6.32. The molecule has 0 unspecified atom stereocenters. The molecule has 0 heterocycles. The second-order valence-corrected chi connectivity index (χ2v) is 8.12. The predicted molar refractivity (Wildman–Crippen MR) is 129 cm³/mol. The van der Waals surface area contributed by atoms with Crippen LogP contribution in [0.15, 0.2) is 78.9 Å². The fourth-order valence-corrected chi connectivity index (χ4v) is 3.73. The smallest absolute Gasteiger partial charge is 0.119 e. The first kappa shape index (κ1) is 20.9. The van der Waals surface area contributed by atoms with Gasteiger partial charge in [0.25, 0.3) is 0 Å². The Hall–Kier alpha value is -1.78. The second-order valence-electron chi connectivity index (χ2n) is 6.50. The van der Waals surface area contributed by atoms with Crippen molar-refractivity contribution in [3.05, 3.63) is 99.1 Å². The topological polar surface area (TPSA) is 9.23 Å². The largest absolute Gasteiger partial charge is 0.494 e. The van der Waals surface area contributed by atoms with Gasteiger partial charge >= 0.3 is 0 Å². The zero-order valence-electron chi connectivity index (χ0n) is 16.0. The van der Waals surface area contributed by atoms with E-state index in [4.69, 9.17) is 16.3 Å². The van der Waals surface area contributed by atoms with Crippen molar-refractivity contribution in [2.45, 2.75) is 19.8 Å². The summed E-state index contributed by atoms with van der Waals surface area (Å²) < 4.78 is 7.01. The molecule has 144 valence electrons. The summed E-state index contributed by atoms with van der Waals surface area (Å²) in [6, 6.07) is 27.8. The Bertz CT molecular complexity index is 900. The van der Waals surface area contributed by atoms with Crippen molar-refractivity contribution < 1.29 is 4.74 Å². The third-order valence-corrected chi connectivity index (χ3v) is 5.59. The number of alkyl halides is 1. The van der Waals surface area contributed by atoms with Crippen LogP contribution in [0.2, 0.25) is 0 Å². The van der Waals surface area contributed by atoms with E-state index in [9.17, 15) is 0 Å². The number of halogens is 2. The molecule has 3 aromatic rings. The third kappa shape index (κ3) is 5.39. The Kier molecular flexibility index (Phi) is 7.99. The van der Waals surface area contributed by atoms with Gasteiger partial charge in [0.15, 0.2) is 0 Å². The SMILES string of the molecule is CCC(=C(c1ccc(I)cc1)c1ccc(OCCCCl)cc1)c1ccccc1. The minimum atomic E-state index is 0.620. The summed E-state index contributed by atoms with van der Waals surface area (Å²) in [5, 5.41) is 0. The molecule has 0 aliphatic rings. The lowest BCUT2D eigenvalue weighted by Crippen LogP contribution is -1.98. The molecule has 1 nitrogen and oxygen atoms in total. The van der Waals surface area contributed by atoms with Gasteiger partial charge in [0.2, 0.25) is 0 Å². The highest BCUT2D eigenvalue weighted by molar-refractivity contribution is 14.1. The van der Waals surface area contributed by atoms with E-state index in [2.05, 4.69) is 108 Å². The van der Waals surface area contributed by atoms with Crippen molar-refractivity contribution in [2.24, 2.45) is 0 Å². The van der Waals surface area contributed by atoms with Gasteiger partial charge in [0.05, 0.1) is 6.61 Å². The maximum Gasteiger partial charge on any atom is 0.119 e. The Morgan fingerprint density at radius 1 is 0.821 bits per heavy atom. The van der Waals surface area contributed by atoms with Gasteiger partial charge in [-0.25, -0.2) is 0 Å². The number of ether oxygens (including phenoxy) is 1. The summed E-state index contributed by atoms with van der Waals surface area (Å²) in [5.74, 6) is 1.50. The van der Waals surface area contributed by atoms with Gasteiger partial charge in [0, 0.05) is 9.45 Å². The molecule has 0 fully saturated rings. The van der Waals surface area contributed by atoms with E-state index >= 15 is 0 Å². The van der Waals surface area contributed by atoms with Crippen LogP contribution in [0.1, 0.15) is 36.5 Å². The van der Waals surface area contributed by atoms with E-state index in [0.717, 1.165) is 18.6 Å². The Morgan fingerprint density at radius 2 is 1.43 bits per heavy atom. The molecule has 28 heavy (non-hydrogen) atoms. The summed E-state index contributed by atoms with van der Waals surface area (Å²) in [7, 11) is 0. The normalized spacial score (nSPS) is 11.8. The zero-order chi connectivity index (χ0) is 19.8. The van der Waals surface area contributed by atoms with Gasteiger partial charge in [-0.3, -0.25) is 0 Å². The van der Waals surface area contributed by atoms with E-state index < -0.39 is 0 Å². The van der Waals surface area contributed by atoms with E-state index in [1.54, 1.807) is 0 Å². The molecule has 3 heteroatoms. The van der Waals surface area contributed by atoms with E-state index in [1.807, 2.05) is 0 Å². The van der Waals surface area contributed by atoms with Crippen molar-refractivity contribution >= 4 is 45.3 Å². The molecular formula is C25H24ClIO. The van der Waals surface area contributed by atoms with Crippen molar-refractivity contribution in [1.82, 2.24) is 0 Å². The minimum absolute atomic E-state index is 0.620. The van der Waals surface area contributed by atoms with E-state index in [-0.39, 0.29) is 0 Å². The van der Waals surface area contributed by atoms with Crippen LogP contribution in [0.3, 0.4) is 0 Å². The van der Waals surface area contributed by atoms with Crippen molar-refractivity contribution in [2.75, 3.05) is 12.5 Å².